The van der Waals surface area contributed by atoms with Crippen LogP contribution in [0.5, 0.6) is 0 Å². The minimum absolute atomic E-state index is 0.106. The molecular weight excluding hydrogens is 335 g/mol. The molecule has 1 aromatic heterocycles. The zero-order chi connectivity index (χ0) is 18.0. The highest BCUT2D eigenvalue weighted by Gasteiger charge is 2.14. The molecular formula is C20H19FN2OS. The van der Waals surface area contributed by atoms with Crippen molar-refractivity contribution in [1.29, 1.82) is 0 Å². The molecule has 1 amide bonds. The van der Waals surface area contributed by atoms with Crippen LogP contribution in [0.25, 0.3) is 11.3 Å². The SMILES string of the molecule is CC(C)(C)c1ccc(-c2csc(NC(=O)c3ccc(F)cc3)n2)cc1. The van der Waals surface area contributed by atoms with Gasteiger partial charge in [-0.25, -0.2) is 9.37 Å². The lowest BCUT2D eigenvalue weighted by atomic mass is 9.86. The summed E-state index contributed by atoms with van der Waals surface area (Å²) in [5, 5.41) is 5.18. The van der Waals surface area contributed by atoms with E-state index in [1.54, 1.807) is 0 Å². The predicted octanol–water partition coefficient (Wildman–Crippen LogP) is 5.50. The maximum absolute atomic E-state index is 12.9. The van der Waals surface area contributed by atoms with Crippen LogP contribution in [0.4, 0.5) is 9.52 Å². The monoisotopic (exact) mass is 354 g/mol. The van der Waals surface area contributed by atoms with Crippen molar-refractivity contribution < 1.29 is 9.18 Å². The Kier molecular flexibility index (Phi) is 4.68. The van der Waals surface area contributed by atoms with E-state index in [9.17, 15) is 9.18 Å². The number of aromatic nitrogens is 1. The number of anilines is 1. The van der Waals surface area contributed by atoms with Crippen molar-refractivity contribution in [2.75, 3.05) is 5.32 Å². The van der Waals surface area contributed by atoms with Gasteiger partial charge < -0.3 is 0 Å². The van der Waals surface area contributed by atoms with Gasteiger partial charge in [-0.2, -0.15) is 0 Å². The van der Waals surface area contributed by atoms with E-state index in [-0.39, 0.29) is 17.1 Å². The van der Waals surface area contributed by atoms with Gasteiger partial charge in [0, 0.05) is 16.5 Å². The minimum atomic E-state index is -0.369. The first kappa shape index (κ1) is 17.3. The van der Waals surface area contributed by atoms with Crippen molar-refractivity contribution in [3.63, 3.8) is 0 Å². The maximum atomic E-state index is 12.9. The quantitative estimate of drug-likeness (QED) is 0.675. The van der Waals surface area contributed by atoms with Crippen molar-refractivity contribution in [2.24, 2.45) is 0 Å². The highest BCUT2D eigenvalue weighted by atomic mass is 32.1. The third-order valence-corrected chi connectivity index (χ3v) is 4.64. The Labute approximate surface area is 150 Å². The van der Waals surface area contributed by atoms with Crippen LogP contribution in [-0.2, 0) is 5.41 Å². The van der Waals surface area contributed by atoms with Crippen molar-refractivity contribution >= 4 is 22.4 Å². The molecule has 0 radical (unpaired) electrons. The molecule has 0 atom stereocenters. The Morgan fingerprint density at radius 2 is 1.68 bits per heavy atom. The number of nitrogens with one attached hydrogen (secondary N) is 1. The largest absolute Gasteiger partial charge is 0.298 e. The fourth-order valence-corrected chi connectivity index (χ4v) is 3.09. The Morgan fingerprint density at radius 1 is 1.04 bits per heavy atom. The molecule has 0 unspecified atom stereocenters. The number of thiazole rings is 1. The summed E-state index contributed by atoms with van der Waals surface area (Å²) < 4.78 is 12.9. The fourth-order valence-electron chi connectivity index (χ4n) is 2.38. The third-order valence-electron chi connectivity index (χ3n) is 3.88. The molecule has 0 aliphatic rings. The van der Waals surface area contributed by atoms with Crippen LogP contribution in [0.2, 0.25) is 0 Å². The number of benzene rings is 2. The summed E-state index contributed by atoms with van der Waals surface area (Å²) in [6.07, 6.45) is 0. The van der Waals surface area contributed by atoms with Crippen LogP contribution in [0.15, 0.2) is 53.9 Å². The van der Waals surface area contributed by atoms with Crippen LogP contribution in [0, 0.1) is 5.82 Å². The van der Waals surface area contributed by atoms with Crippen LogP contribution < -0.4 is 5.32 Å². The summed E-state index contributed by atoms with van der Waals surface area (Å²) in [5.74, 6) is -0.671. The van der Waals surface area contributed by atoms with E-state index in [2.05, 4.69) is 43.2 Å². The van der Waals surface area contributed by atoms with Gasteiger partial charge in [-0.3, -0.25) is 10.1 Å². The zero-order valence-electron chi connectivity index (χ0n) is 14.3. The van der Waals surface area contributed by atoms with Gasteiger partial charge in [0.15, 0.2) is 5.13 Å². The minimum Gasteiger partial charge on any atom is -0.298 e. The zero-order valence-corrected chi connectivity index (χ0v) is 15.2. The summed E-state index contributed by atoms with van der Waals surface area (Å²) >= 11 is 1.36. The second kappa shape index (κ2) is 6.76. The smallest absolute Gasteiger partial charge is 0.257 e. The van der Waals surface area contributed by atoms with Crippen molar-refractivity contribution in [3.05, 3.63) is 70.9 Å². The summed E-state index contributed by atoms with van der Waals surface area (Å²) in [6, 6.07) is 13.7. The first-order valence-corrected chi connectivity index (χ1v) is 8.84. The molecule has 0 saturated carbocycles. The van der Waals surface area contributed by atoms with Crippen LogP contribution >= 0.6 is 11.3 Å². The molecule has 25 heavy (non-hydrogen) atoms. The molecule has 5 heteroatoms. The standard InChI is InChI=1S/C20H19FN2OS/c1-20(2,3)15-8-4-13(5-9-15)17-12-25-19(22-17)23-18(24)14-6-10-16(21)11-7-14/h4-12H,1-3H3,(H,22,23,24). The normalized spacial score (nSPS) is 11.4. The molecule has 0 aliphatic heterocycles. The number of hydrogen-bond donors (Lipinski definition) is 1. The Balaban J connectivity index is 1.74. The number of halogens is 1. The molecule has 1 N–H and O–H groups in total. The molecule has 3 rings (SSSR count). The fraction of sp³-hybridized carbons (Fsp3) is 0.200. The second-order valence-electron chi connectivity index (χ2n) is 6.83. The van der Waals surface area contributed by atoms with Gasteiger partial charge in [0.1, 0.15) is 5.82 Å². The Bertz CT molecular complexity index is 877. The molecule has 0 spiro atoms. The van der Waals surface area contributed by atoms with Gasteiger partial charge in [0.25, 0.3) is 5.91 Å². The van der Waals surface area contributed by atoms with E-state index in [0.29, 0.717) is 10.7 Å². The topological polar surface area (TPSA) is 42.0 Å². The number of carbonyl (C=O) groups excluding carboxylic acids is 1. The van der Waals surface area contributed by atoms with Gasteiger partial charge in [-0.1, -0.05) is 45.0 Å². The van der Waals surface area contributed by atoms with Gasteiger partial charge >= 0.3 is 0 Å². The lowest BCUT2D eigenvalue weighted by Gasteiger charge is -2.18. The molecule has 1 heterocycles. The number of rotatable bonds is 3. The van der Waals surface area contributed by atoms with E-state index < -0.39 is 0 Å². The number of amides is 1. The van der Waals surface area contributed by atoms with Gasteiger partial charge in [0.2, 0.25) is 0 Å². The Hall–Kier alpha value is -2.53. The molecule has 3 aromatic rings. The number of carbonyl (C=O) groups is 1. The van der Waals surface area contributed by atoms with Gasteiger partial charge in [-0.15, -0.1) is 11.3 Å². The molecule has 128 valence electrons. The van der Waals surface area contributed by atoms with Crippen LogP contribution in [0.3, 0.4) is 0 Å². The summed E-state index contributed by atoms with van der Waals surface area (Å²) in [6.45, 7) is 6.52. The van der Waals surface area contributed by atoms with Crippen molar-refractivity contribution in [1.82, 2.24) is 4.98 Å². The molecule has 3 nitrogen and oxygen atoms in total. The van der Waals surface area contributed by atoms with E-state index in [1.807, 2.05) is 17.5 Å². The van der Waals surface area contributed by atoms with E-state index in [0.717, 1.165) is 11.3 Å². The average molecular weight is 354 g/mol. The average Bonchev–Trinajstić information content (AvgIpc) is 3.03. The second-order valence-corrected chi connectivity index (χ2v) is 7.68. The first-order chi connectivity index (χ1) is 11.8. The number of hydrogen-bond acceptors (Lipinski definition) is 3. The van der Waals surface area contributed by atoms with Crippen molar-refractivity contribution in [3.8, 4) is 11.3 Å². The van der Waals surface area contributed by atoms with E-state index in [1.165, 1.54) is 41.2 Å². The Morgan fingerprint density at radius 3 is 2.28 bits per heavy atom. The summed E-state index contributed by atoms with van der Waals surface area (Å²) in [4.78, 5) is 16.6. The summed E-state index contributed by atoms with van der Waals surface area (Å²) in [5.41, 5.74) is 3.59. The molecule has 0 saturated heterocycles. The highest BCUT2D eigenvalue weighted by molar-refractivity contribution is 7.14. The molecule has 0 fully saturated rings. The maximum Gasteiger partial charge on any atom is 0.257 e. The first-order valence-electron chi connectivity index (χ1n) is 7.96. The molecule has 2 aromatic carbocycles. The number of nitrogens with zero attached hydrogens (tertiary/aromatic N) is 1. The van der Waals surface area contributed by atoms with Gasteiger partial charge in [-0.05, 0) is 35.2 Å². The summed E-state index contributed by atoms with van der Waals surface area (Å²) in [7, 11) is 0. The van der Waals surface area contributed by atoms with Crippen LogP contribution in [0.1, 0.15) is 36.7 Å². The van der Waals surface area contributed by atoms with Gasteiger partial charge in [0.05, 0.1) is 5.69 Å². The van der Waals surface area contributed by atoms with E-state index in [4.69, 9.17) is 0 Å². The lowest BCUT2D eigenvalue weighted by molar-refractivity contribution is 0.102. The van der Waals surface area contributed by atoms with Crippen LogP contribution in [-0.4, -0.2) is 10.9 Å². The third kappa shape index (κ3) is 4.12. The lowest BCUT2D eigenvalue weighted by Crippen LogP contribution is -2.11. The predicted molar refractivity (Wildman–Crippen MR) is 101 cm³/mol. The molecule has 0 aliphatic carbocycles. The van der Waals surface area contributed by atoms with Crippen molar-refractivity contribution in [2.45, 2.75) is 26.2 Å². The van der Waals surface area contributed by atoms with E-state index >= 15 is 0 Å². The highest BCUT2D eigenvalue weighted by Crippen LogP contribution is 2.28. The molecule has 0 bridgehead atoms.